The van der Waals surface area contributed by atoms with Crippen molar-refractivity contribution in [2.24, 2.45) is 0 Å². The molecule has 3 aromatic rings. The van der Waals surface area contributed by atoms with Gasteiger partial charge in [0.1, 0.15) is 0 Å². The maximum Gasteiger partial charge on any atom is 0.257 e. The van der Waals surface area contributed by atoms with Crippen molar-refractivity contribution in [2.75, 3.05) is 18.4 Å². The number of hydrogen-bond donors (Lipinski definition) is 1. The maximum atomic E-state index is 12.7. The molecule has 1 N–H and O–H groups in total. The lowest BCUT2D eigenvalue weighted by molar-refractivity contribution is 0.102. The third-order valence-electron chi connectivity index (χ3n) is 6.36. The van der Waals surface area contributed by atoms with E-state index in [2.05, 4.69) is 33.8 Å². The third kappa shape index (κ3) is 3.92. The summed E-state index contributed by atoms with van der Waals surface area (Å²) >= 11 is 7.96. The Balaban J connectivity index is 1.41. The van der Waals surface area contributed by atoms with Gasteiger partial charge < -0.3 is 5.32 Å². The van der Waals surface area contributed by atoms with Gasteiger partial charge in [-0.05, 0) is 79.1 Å². The number of fused-ring (bicyclic) bond motifs is 2. The van der Waals surface area contributed by atoms with Gasteiger partial charge in [0.25, 0.3) is 5.91 Å². The first kappa shape index (κ1) is 19.8. The molecule has 2 aliphatic rings. The van der Waals surface area contributed by atoms with Crippen molar-refractivity contribution in [2.45, 2.75) is 38.1 Å². The van der Waals surface area contributed by atoms with Crippen molar-refractivity contribution < 1.29 is 4.79 Å². The summed E-state index contributed by atoms with van der Waals surface area (Å²) in [5.74, 6) is -0.178. The van der Waals surface area contributed by atoms with Gasteiger partial charge in [0.15, 0.2) is 0 Å². The molecule has 30 heavy (non-hydrogen) atoms. The minimum Gasteiger partial charge on any atom is -0.322 e. The fourth-order valence-corrected chi connectivity index (χ4v) is 5.91. The van der Waals surface area contributed by atoms with Crippen molar-refractivity contribution >= 4 is 50.2 Å². The molecule has 5 heteroatoms. The van der Waals surface area contributed by atoms with Gasteiger partial charge in [0.2, 0.25) is 0 Å². The SMILES string of the molecule is O=C(Nc1ccc2scc(C3=CCN4CCCCC4CC3)c2c1)c1ccccc1Cl. The van der Waals surface area contributed by atoms with Gasteiger partial charge >= 0.3 is 0 Å². The van der Waals surface area contributed by atoms with Crippen LogP contribution in [0, 0.1) is 0 Å². The molecular weight excluding hydrogens is 412 g/mol. The lowest BCUT2D eigenvalue weighted by atomic mass is 9.95. The van der Waals surface area contributed by atoms with E-state index >= 15 is 0 Å². The molecule has 0 aliphatic carbocycles. The van der Waals surface area contributed by atoms with Crippen LogP contribution in [0.4, 0.5) is 5.69 Å². The molecule has 3 nitrogen and oxygen atoms in total. The van der Waals surface area contributed by atoms with E-state index in [9.17, 15) is 4.79 Å². The normalized spacial score (nSPS) is 19.8. The highest BCUT2D eigenvalue weighted by Gasteiger charge is 2.24. The highest BCUT2D eigenvalue weighted by Crippen LogP contribution is 2.37. The van der Waals surface area contributed by atoms with Gasteiger partial charge in [-0.3, -0.25) is 9.69 Å². The minimum absolute atomic E-state index is 0.178. The number of benzene rings is 2. The first-order valence-electron chi connectivity index (χ1n) is 10.7. The standard InChI is InChI=1S/C25H25ClN2OS/c26-23-7-2-1-6-20(23)25(29)27-18-9-11-24-21(15-18)22(16-30-24)17-8-10-19-5-3-4-13-28(19)14-12-17/h1-2,6-7,9,11-12,15-16,19H,3-5,8,10,13-14H2,(H,27,29). The predicted octanol–water partition coefficient (Wildman–Crippen LogP) is 6.84. The number of thiophene rings is 1. The zero-order valence-electron chi connectivity index (χ0n) is 16.9. The minimum atomic E-state index is -0.178. The van der Waals surface area contributed by atoms with Gasteiger partial charge in [-0.1, -0.05) is 36.2 Å². The quantitative estimate of drug-likeness (QED) is 0.487. The first-order chi connectivity index (χ1) is 14.7. The van der Waals surface area contributed by atoms with Gasteiger partial charge in [-0.2, -0.15) is 0 Å². The van der Waals surface area contributed by atoms with Crippen LogP contribution in [-0.4, -0.2) is 29.9 Å². The van der Waals surface area contributed by atoms with Crippen LogP contribution in [-0.2, 0) is 0 Å². The summed E-state index contributed by atoms with van der Waals surface area (Å²) in [5, 5.41) is 6.99. The van der Waals surface area contributed by atoms with E-state index in [1.807, 2.05) is 18.2 Å². The molecule has 5 rings (SSSR count). The van der Waals surface area contributed by atoms with E-state index in [-0.39, 0.29) is 5.91 Å². The largest absolute Gasteiger partial charge is 0.322 e. The Kier molecular flexibility index (Phi) is 5.64. The zero-order valence-corrected chi connectivity index (χ0v) is 18.4. The number of amides is 1. The van der Waals surface area contributed by atoms with Crippen LogP contribution < -0.4 is 5.32 Å². The van der Waals surface area contributed by atoms with Crippen LogP contribution in [0.2, 0.25) is 5.02 Å². The summed E-state index contributed by atoms with van der Waals surface area (Å²) in [7, 11) is 0. The van der Waals surface area contributed by atoms with Crippen LogP contribution in [0.1, 0.15) is 48.0 Å². The van der Waals surface area contributed by atoms with Gasteiger partial charge in [-0.15, -0.1) is 11.3 Å². The molecule has 1 atom stereocenters. The topological polar surface area (TPSA) is 32.3 Å². The Morgan fingerprint density at radius 2 is 2.03 bits per heavy atom. The molecule has 1 unspecified atom stereocenters. The molecule has 154 valence electrons. The fourth-order valence-electron chi connectivity index (χ4n) is 4.72. The number of carbonyl (C=O) groups excluding carboxylic acids is 1. The van der Waals surface area contributed by atoms with Gasteiger partial charge in [-0.25, -0.2) is 0 Å². The van der Waals surface area contributed by atoms with Crippen molar-refractivity contribution in [3.05, 3.63) is 70.1 Å². The van der Waals surface area contributed by atoms with E-state index in [4.69, 9.17) is 11.6 Å². The number of piperidine rings is 1. The van der Waals surface area contributed by atoms with Gasteiger partial charge in [0.05, 0.1) is 10.6 Å². The lowest BCUT2D eigenvalue weighted by Gasteiger charge is -2.33. The molecule has 3 heterocycles. The van der Waals surface area contributed by atoms with E-state index in [0.717, 1.165) is 24.7 Å². The Labute approximate surface area is 186 Å². The molecule has 1 fully saturated rings. The van der Waals surface area contributed by atoms with Crippen LogP contribution in [0.15, 0.2) is 53.9 Å². The van der Waals surface area contributed by atoms with E-state index in [0.29, 0.717) is 10.6 Å². The first-order valence-corrected chi connectivity index (χ1v) is 12.0. The average Bonchev–Trinajstić information content (AvgIpc) is 3.05. The number of nitrogens with one attached hydrogen (secondary N) is 1. The van der Waals surface area contributed by atoms with E-state index < -0.39 is 0 Å². The summed E-state index contributed by atoms with van der Waals surface area (Å²) in [6.07, 6.45) is 8.84. The number of halogens is 1. The highest BCUT2D eigenvalue weighted by atomic mass is 35.5. The summed E-state index contributed by atoms with van der Waals surface area (Å²) in [6, 6.07) is 14.1. The molecule has 0 saturated carbocycles. The monoisotopic (exact) mass is 436 g/mol. The van der Waals surface area contributed by atoms with Crippen molar-refractivity contribution in [1.82, 2.24) is 4.90 Å². The Hall–Kier alpha value is -2.14. The maximum absolute atomic E-state index is 12.7. The number of nitrogens with zero attached hydrogens (tertiary/aromatic N) is 1. The molecule has 1 saturated heterocycles. The predicted molar refractivity (Wildman–Crippen MR) is 128 cm³/mol. The number of carbonyl (C=O) groups is 1. The van der Waals surface area contributed by atoms with Gasteiger partial charge in [0, 0.05) is 28.4 Å². The van der Waals surface area contributed by atoms with Crippen molar-refractivity contribution in [1.29, 1.82) is 0 Å². The molecule has 1 aromatic heterocycles. The Morgan fingerprint density at radius 3 is 2.93 bits per heavy atom. The van der Waals surface area contributed by atoms with Crippen LogP contribution in [0.5, 0.6) is 0 Å². The van der Waals surface area contributed by atoms with Crippen LogP contribution in [0.25, 0.3) is 15.7 Å². The Morgan fingerprint density at radius 1 is 1.13 bits per heavy atom. The van der Waals surface area contributed by atoms with E-state index in [1.165, 1.54) is 53.5 Å². The smallest absolute Gasteiger partial charge is 0.257 e. The number of anilines is 1. The second-order valence-electron chi connectivity index (χ2n) is 8.21. The van der Waals surface area contributed by atoms with Crippen molar-refractivity contribution in [3.8, 4) is 0 Å². The Bertz CT molecular complexity index is 1120. The summed E-state index contributed by atoms with van der Waals surface area (Å²) in [6.45, 7) is 2.29. The lowest BCUT2D eigenvalue weighted by Crippen LogP contribution is -2.38. The van der Waals surface area contributed by atoms with Crippen LogP contribution in [0.3, 0.4) is 0 Å². The summed E-state index contributed by atoms with van der Waals surface area (Å²) < 4.78 is 1.25. The second kappa shape index (κ2) is 8.54. The molecule has 0 radical (unpaired) electrons. The molecule has 1 amide bonds. The fraction of sp³-hybridized carbons (Fsp3) is 0.320. The zero-order chi connectivity index (χ0) is 20.5. The highest BCUT2D eigenvalue weighted by molar-refractivity contribution is 7.17. The molecule has 0 bridgehead atoms. The molecule has 0 spiro atoms. The molecular formula is C25H25ClN2OS. The summed E-state index contributed by atoms with van der Waals surface area (Å²) in [5.41, 5.74) is 4.07. The number of hydrogen-bond acceptors (Lipinski definition) is 3. The van der Waals surface area contributed by atoms with Crippen molar-refractivity contribution in [3.63, 3.8) is 0 Å². The number of rotatable bonds is 3. The number of allylic oxidation sites excluding steroid dienone is 1. The van der Waals surface area contributed by atoms with Crippen LogP contribution >= 0.6 is 22.9 Å². The molecule has 2 aromatic carbocycles. The second-order valence-corrected chi connectivity index (χ2v) is 9.53. The third-order valence-corrected chi connectivity index (χ3v) is 7.66. The summed E-state index contributed by atoms with van der Waals surface area (Å²) in [4.78, 5) is 15.3. The van der Waals surface area contributed by atoms with E-state index in [1.54, 1.807) is 23.5 Å². The molecule has 2 aliphatic heterocycles. The average molecular weight is 437 g/mol.